The number of aromatic amines is 1. The van der Waals surface area contributed by atoms with Crippen LogP contribution >= 0.6 is 0 Å². The third-order valence-electron chi connectivity index (χ3n) is 8.23. The number of pyridine rings is 1. The Hall–Kier alpha value is -1.62. The van der Waals surface area contributed by atoms with Gasteiger partial charge >= 0.3 is 0 Å². The van der Waals surface area contributed by atoms with Gasteiger partial charge in [0.1, 0.15) is 5.56 Å². The quantitative estimate of drug-likeness (QED) is 0.799. The van der Waals surface area contributed by atoms with Gasteiger partial charge in [0.2, 0.25) is 0 Å². The first kappa shape index (κ1) is 19.3. The zero-order valence-corrected chi connectivity index (χ0v) is 17.5. The number of aromatic nitrogens is 1. The number of carbonyl (C=O) groups excluding carboxylic acids is 1. The fourth-order valence-corrected chi connectivity index (χ4v) is 7.00. The Morgan fingerprint density at radius 1 is 0.966 bits per heavy atom. The average molecular weight is 398 g/mol. The van der Waals surface area contributed by atoms with Crippen molar-refractivity contribution < 1.29 is 4.79 Å². The highest BCUT2D eigenvalue weighted by Gasteiger charge is 2.47. The number of H-pyrrole nitrogens is 1. The van der Waals surface area contributed by atoms with E-state index in [0.29, 0.717) is 5.92 Å². The third kappa shape index (κ3) is 4.16. The summed E-state index contributed by atoms with van der Waals surface area (Å²) in [5, 5.41) is 3.11. The number of carbonyl (C=O) groups is 1. The standard InChI is InChI=1S/C24H35N3O2/c28-23(25-14-22-18-10-16-9-17(12-18)13-19(22)11-16)21-6-5-20(26-24(21)29)15-27-7-3-1-2-4-8-27/h5-6,16-19,22H,1-4,7-15H2,(H,25,28)(H,26,29). The van der Waals surface area contributed by atoms with E-state index in [1.165, 1.54) is 57.8 Å². The van der Waals surface area contributed by atoms with Crippen LogP contribution in [0.15, 0.2) is 16.9 Å². The normalized spacial score (nSPS) is 34.1. The molecule has 4 bridgehead atoms. The van der Waals surface area contributed by atoms with Crippen LogP contribution in [0, 0.1) is 29.6 Å². The van der Waals surface area contributed by atoms with E-state index in [9.17, 15) is 9.59 Å². The van der Waals surface area contributed by atoms with Crippen molar-refractivity contribution in [3.05, 3.63) is 33.7 Å². The van der Waals surface area contributed by atoms with Crippen LogP contribution in [-0.4, -0.2) is 35.4 Å². The SMILES string of the molecule is O=C(NCC1C2CC3CC(C2)CC1C3)c1ccc(CN2CCCCCC2)[nH]c1=O. The minimum absolute atomic E-state index is 0.207. The molecule has 1 aromatic heterocycles. The summed E-state index contributed by atoms with van der Waals surface area (Å²) in [5.41, 5.74) is 0.919. The van der Waals surface area contributed by atoms with E-state index in [1.807, 2.05) is 6.07 Å². The molecule has 0 atom stereocenters. The first-order valence-corrected chi connectivity index (χ1v) is 11.9. The van der Waals surface area contributed by atoms with Crippen LogP contribution in [0.5, 0.6) is 0 Å². The summed E-state index contributed by atoms with van der Waals surface area (Å²) >= 11 is 0. The van der Waals surface area contributed by atoms with Gasteiger partial charge in [-0.1, -0.05) is 12.8 Å². The smallest absolute Gasteiger partial charge is 0.261 e. The zero-order valence-electron chi connectivity index (χ0n) is 17.5. The van der Waals surface area contributed by atoms with Crippen molar-refractivity contribution in [1.29, 1.82) is 0 Å². The van der Waals surface area contributed by atoms with E-state index in [1.54, 1.807) is 6.07 Å². The number of rotatable bonds is 5. The molecule has 5 nitrogen and oxygen atoms in total. The van der Waals surface area contributed by atoms with Gasteiger partial charge in [-0.3, -0.25) is 14.5 Å². The second-order valence-corrected chi connectivity index (χ2v) is 10.2. The molecule has 29 heavy (non-hydrogen) atoms. The van der Waals surface area contributed by atoms with Gasteiger partial charge in [0.05, 0.1) is 0 Å². The van der Waals surface area contributed by atoms with Gasteiger partial charge in [-0.15, -0.1) is 0 Å². The number of nitrogens with one attached hydrogen (secondary N) is 2. The van der Waals surface area contributed by atoms with E-state index in [0.717, 1.165) is 55.5 Å². The van der Waals surface area contributed by atoms with E-state index >= 15 is 0 Å². The lowest BCUT2D eigenvalue weighted by atomic mass is 9.52. The number of amides is 1. The molecule has 4 aliphatic carbocycles. The lowest BCUT2D eigenvalue weighted by Gasteiger charge is -2.54. The van der Waals surface area contributed by atoms with Crippen molar-refractivity contribution >= 4 is 5.91 Å². The molecule has 1 aromatic rings. The molecule has 2 N–H and O–H groups in total. The summed E-state index contributed by atoms with van der Waals surface area (Å²) in [6, 6.07) is 3.64. The number of hydrogen-bond donors (Lipinski definition) is 2. The number of likely N-dealkylation sites (tertiary alicyclic amines) is 1. The first-order chi connectivity index (χ1) is 14.2. The molecule has 5 fully saturated rings. The van der Waals surface area contributed by atoms with Gasteiger partial charge in [-0.05, 0) is 99.8 Å². The van der Waals surface area contributed by atoms with Crippen LogP contribution in [-0.2, 0) is 6.54 Å². The Kier molecular flexibility index (Phi) is 5.51. The van der Waals surface area contributed by atoms with Crippen molar-refractivity contribution in [2.45, 2.75) is 64.3 Å². The Morgan fingerprint density at radius 3 is 2.24 bits per heavy atom. The maximum atomic E-state index is 12.7. The average Bonchev–Trinajstić information content (AvgIpc) is 2.95. The van der Waals surface area contributed by atoms with Crippen LogP contribution in [0.4, 0.5) is 0 Å². The molecule has 158 valence electrons. The lowest BCUT2D eigenvalue weighted by molar-refractivity contribution is -0.0347. The Morgan fingerprint density at radius 2 is 1.62 bits per heavy atom. The van der Waals surface area contributed by atoms with Crippen molar-refractivity contribution in [3.63, 3.8) is 0 Å². The lowest BCUT2D eigenvalue weighted by Crippen LogP contribution is -2.49. The van der Waals surface area contributed by atoms with E-state index < -0.39 is 0 Å². The Balaban J connectivity index is 1.18. The summed E-state index contributed by atoms with van der Waals surface area (Å²) in [4.78, 5) is 30.6. The van der Waals surface area contributed by atoms with Gasteiger partial charge in [0.15, 0.2) is 0 Å². The third-order valence-corrected chi connectivity index (χ3v) is 8.23. The van der Waals surface area contributed by atoms with Crippen LogP contribution in [0.25, 0.3) is 0 Å². The molecule has 1 aliphatic heterocycles. The maximum absolute atomic E-state index is 12.7. The maximum Gasteiger partial charge on any atom is 0.261 e. The van der Waals surface area contributed by atoms with Gasteiger partial charge in [-0.25, -0.2) is 0 Å². The summed E-state index contributed by atoms with van der Waals surface area (Å²) < 4.78 is 0. The van der Waals surface area contributed by atoms with E-state index in [2.05, 4.69) is 15.2 Å². The number of nitrogens with zero attached hydrogens (tertiary/aromatic N) is 1. The summed E-state index contributed by atoms with van der Waals surface area (Å²) in [6.07, 6.45) is 12.0. The second kappa shape index (κ2) is 8.25. The largest absolute Gasteiger partial charge is 0.352 e. The monoisotopic (exact) mass is 397 g/mol. The predicted molar refractivity (Wildman–Crippen MR) is 114 cm³/mol. The van der Waals surface area contributed by atoms with Gasteiger partial charge in [0, 0.05) is 18.8 Å². The molecule has 5 aliphatic rings. The molecule has 4 saturated carbocycles. The Bertz CT molecular complexity index is 766. The van der Waals surface area contributed by atoms with Crippen molar-refractivity contribution in [2.24, 2.45) is 29.6 Å². The molecule has 1 amide bonds. The molecule has 0 unspecified atom stereocenters. The van der Waals surface area contributed by atoms with E-state index in [-0.39, 0.29) is 17.0 Å². The van der Waals surface area contributed by atoms with Gasteiger partial charge < -0.3 is 10.3 Å². The predicted octanol–water partition coefficient (Wildman–Crippen LogP) is 3.55. The van der Waals surface area contributed by atoms with Gasteiger partial charge in [0.25, 0.3) is 11.5 Å². The second-order valence-electron chi connectivity index (χ2n) is 10.2. The zero-order chi connectivity index (χ0) is 19.8. The highest BCUT2D eigenvalue weighted by Crippen LogP contribution is 2.56. The summed E-state index contributed by atoms with van der Waals surface area (Å²) in [6.45, 7) is 3.69. The van der Waals surface area contributed by atoms with E-state index in [4.69, 9.17) is 0 Å². The molecule has 6 rings (SSSR count). The topological polar surface area (TPSA) is 65.2 Å². The molecule has 5 heteroatoms. The Labute approximate surface area is 173 Å². The van der Waals surface area contributed by atoms with Gasteiger partial charge in [-0.2, -0.15) is 0 Å². The highest BCUT2D eigenvalue weighted by atomic mass is 16.2. The fourth-order valence-electron chi connectivity index (χ4n) is 7.00. The fraction of sp³-hybridized carbons (Fsp3) is 0.750. The molecular weight excluding hydrogens is 362 g/mol. The van der Waals surface area contributed by atoms with Crippen LogP contribution < -0.4 is 10.9 Å². The molecule has 1 saturated heterocycles. The molecule has 0 radical (unpaired) electrons. The minimum atomic E-state index is -0.250. The minimum Gasteiger partial charge on any atom is -0.352 e. The highest BCUT2D eigenvalue weighted by molar-refractivity contribution is 5.93. The summed E-state index contributed by atoms with van der Waals surface area (Å²) in [5.74, 6) is 3.89. The molecular formula is C24H35N3O2. The molecule has 0 spiro atoms. The number of hydrogen-bond acceptors (Lipinski definition) is 3. The van der Waals surface area contributed by atoms with Crippen molar-refractivity contribution in [3.8, 4) is 0 Å². The van der Waals surface area contributed by atoms with Crippen LogP contribution in [0.2, 0.25) is 0 Å². The van der Waals surface area contributed by atoms with Crippen molar-refractivity contribution in [1.82, 2.24) is 15.2 Å². The summed E-state index contributed by atoms with van der Waals surface area (Å²) in [7, 11) is 0. The van der Waals surface area contributed by atoms with Crippen LogP contribution in [0.3, 0.4) is 0 Å². The van der Waals surface area contributed by atoms with Crippen LogP contribution in [0.1, 0.15) is 73.8 Å². The van der Waals surface area contributed by atoms with Crippen molar-refractivity contribution in [2.75, 3.05) is 19.6 Å². The molecule has 0 aromatic carbocycles. The first-order valence-electron chi connectivity index (χ1n) is 11.9. The molecule has 2 heterocycles.